The summed E-state index contributed by atoms with van der Waals surface area (Å²) in [6, 6.07) is 4.04. The first-order valence-electron chi connectivity index (χ1n) is 6.42. The predicted molar refractivity (Wildman–Crippen MR) is 71.6 cm³/mol. The molecule has 0 heterocycles. The standard InChI is InChI=1S/C15H24O2/c1-5-12-9-11(7-8-16)10-13(14(12)17)15(3,4)6-2/h9-10,16-17H,5-8H2,1-4H3. The summed E-state index contributed by atoms with van der Waals surface area (Å²) in [4.78, 5) is 0. The molecule has 0 atom stereocenters. The Morgan fingerprint density at radius 2 is 1.82 bits per heavy atom. The van der Waals surface area contributed by atoms with Crippen LogP contribution in [0.1, 0.15) is 50.8 Å². The van der Waals surface area contributed by atoms with Crippen molar-refractivity contribution in [3.63, 3.8) is 0 Å². The van der Waals surface area contributed by atoms with Crippen molar-refractivity contribution in [3.8, 4) is 5.75 Å². The first-order valence-corrected chi connectivity index (χ1v) is 6.42. The maximum Gasteiger partial charge on any atom is 0.122 e. The highest BCUT2D eigenvalue weighted by atomic mass is 16.3. The van der Waals surface area contributed by atoms with Gasteiger partial charge in [-0.25, -0.2) is 0 Å². The third kappa shape index (κ3) is 3.01. The highest BCUT2D eigenvalue weighted by Gasteiger charge is 2.23. The van der Waals surface area contributed by atoms with E-state index in [4.69, 9.17) is 5.11 Å². The summed E-state index contributed by atoms with van der Waals surface area (Å²) < 4.78 is 0. The van der Waals surface area contributed by atoms with Gasteiger partial charge >= 0.3 is 0 Å². The molecule has 1 aromatic carbocycles. The number of rotatable bonds is 5. The number of aromatic hydroxyl groups is 1. The second-order valence-electron chi connectivity index (χ2n) is 5.22. The Morgan fingerprint density at radius 1 is 1.18 bits per heavy atom. The van der Waals surface area contributed by atoms with Gasteiger partial charge in [0.2, 0.25) is 0 Å². The Labute approximate surface area is 104 Å². The van der Waals surface area contributed by atoms with E-state index in [1.165, 1.54) is 0 Å². The summed E-state index contributed by atoms with van der Waals surface area (Å²) in [6.45, 7) is 8.61. The van der Waals surface area contributed by atoms with Crippen molar-refractivity contribution in [2.45, 2.75) is 52.4 Å². The van der Waals surface area contributed by atoms with Crippen molar-refractivity contribution in [2.75, 3.05) is 6.61 Å². The molecule has 2 N–H and O–H groups in total. The fourth-order valence-corrected chi connectivity index (χ4v) is 2.01. The molecule has 0 saturated carbocycles. The highest BCUT2D eigenvalue weighted by Crippen LogP contribution is 2.37. The van der Waals surface area contributed by atoms with Crippen molar-refractivity contribution in [1.82, 2.24) is 0 Å². The van der Waals surface area contributed by atoms with Crippen LogP contribution in [0.3, 0.4) is 0 Å². The molecule has 96 valence electrons. The van der Waals surface area contributed by atoms with Crippen LogP contribution in [0, 0.1) is 0 Å². The first-order chi connectivity index (χ1) is 7.96. The van der Waals surface area contributed by atoms with Crippen LogP contribution in [0.2, 0.25) is 0 Å². The fraction of sp³-hybridized carbons (Fsp3) is 0.600. The van der Waals surface area contributed by atoms with Gasteiger partial charge in [0.15, 0.2) is 0 Å². The van der Waals surface area contributed by atoms with Gasteiger partial charge in [-0.1, -0.05) is 39.8 Å². The average Bonchev–Trinajstić information content (AvgIpc) is 2.31. The molecule has 0 aliphatic carbocycles. The second kappa shape index (κ2) is 5.54. The van der Waals surface area contributed by atoms with Gasteiger partial charge in [0.05, 0.1) is 0 Å². The summed E-state index contributed by atoms with van der Waals surface area (Å²) in [5.41, 5.74) is 3.06. The average molecular weight is 236 g/mol. The minimum absolute atomic E-state index is 0.0283. The van der Waals surface area contributed by atoms with Crippen LogP contribution >= 0.6 is 0 Å². The van der Waals surface area contributed by atoms with Crippen LogP contribution in [0.4, 0.5) is 0 Å². The Kier molecular flexibility index (Phi) is 4.58. The summed E-state index contributed by atoms with van der Waals surface area (Å²) in [6.07, 6.45) is 2.45. The van der Waals surface area contributed by atoms with E-state index >= 15 is 0 Å². The largest absolute Gasteiger partial charge is 0.507 e. The number of aryl methyl sites for hydroxylation is 1. The van der Waals surface area contributed by atoms with Gasteiger partial charge in [-0.05, 0) is 35.8 Å². The zero-order chi connectivity index (χ0) is 13.1. The molecule has 0 aliphatic rings. The highest BCUT2D eigenvalue weighted by molar-refractivity contribution is 5.47. The van der Waals surface area contributed by atoms with Gasteiger partial charge in [0, 0.05) is 12.2 Å². The maximum atomic E-state index is 10.3. The lowest BCUT2D eigenvalue weighted by Gasteiger charge is -2.26. The smallest absolute Gasteiger partial charge is 0.122 e. The Bertz CT molecular complexity index is 381. The Hall–Kier alpha value is -1.02. The van der Waals surface area contributed by atoms with E-state index in [0.29, 0.717) is 12.2 Å². The minimum Gasteiger partial charge on any atom is -0.507 e. The van der Waals surface area contributed by atoms with Crippen LogP contribution in [-0.4, -0.2) is 16.8 Å². The SMILES string of the molecule is CCc1cc(CCO)cc(C(C)(C)CC)c1O. The zero-order valence-corrected chi connectivity index (χ0v) is 11.4. The number of hydrogen-bond acceptors (Lipinski definition) is 2. The maximum absolute atomic E-state index is 10.3. The first kappa shape index (κ1) is 14.0. The van der Waals surface area contributed by atoms with Gasteiger partial charge < -0.3 is 10.2 Å². The van der Waals surface area contributed by atoms with Gasteiger partial charge in [0.25, 0.3) is 0 Å². The van der Waals surface area contributed by atoms with Crippen LogP contribution < -0.4 is 0 Å². The van der Waals surface area contributed by atoms with E-state index < -0.39 is 0 Å². The number of phenolic OH excluding ortho intramolecular Hbond substituents is 1. The number of aliphatic hydroxyl groups is 1. The number of hydrogen-bond donors (Lipinski definition) is 2. The summed E-state index contributed by atoms with van der Waals surface area (Å²) >= 11 is 0. The normalized spacial score (nSPS) is 11.8. The molecule has 0 unspecified atom stereocenters. The molecule has 17 heavy (non-hydrogen) atoms. The lowest BCUT2D eigenvalue weighted by molar-refractivity contribution is 0.299. The molecule has 0 amide bonds. The van der Waals surface area contributed by atoms with Crippen LogP contribution in [0.15, 0.2) is 12.1 Å². The topological polar surface area (TPSA) is 40.5 Å². The van der Waals surface area contributed by atoms with Crippen LogP contribution in [-0.2, 0) is 18.3 Å². The zero-order valence-electron chi connectivity index (χ0n) is 11.4. The van der Waals surface area contributed by atoms with E-state index in [1.807, 2.05) is 19.1 Å². The van der Waals surface area contributed by atoms with E-state index in [0.717, 1.165) is 29.5 Å². The fourth-order valence-electron chi connectivity index (χ4n) is 2.01. The Balaban J connectivity index is 3.32. The second-order valence-corrected chi connectivity index (χ2v) is 5.22. The molecule has 0 saturated heterocycles. The molecule has 1 rings (SSSR count). The van der Waals surface area contributed by atoms with Crippen molar-refractivity contribution >= 4 is 0 Å². The van der Waals surface area contributed by atoms with Crippen molar-refractivity contribution < 1.29 is 10.2 Å². The molecule has 0 radical (unpaired) electrons. The van der Waals surface area contributed by atoms with E-state index in [-0.39, 0.29) is 12.0 Å². The van der Waals surface area contributed by atoms with Crippen molar-refractivity contribution in [2.24, 2.45) is 0 Å². The summed E-state index contributed by atoms with van der Waals surface area (Å²) in [5, 5.41) is 19.3. The van der Waals surface area contributed by atoms with Gasteiger partial charge in [-0.2, -0.15) is 0 Å². The minimum atomic E-state index is -0.0283. The molecular weight excluding hydrogens is 212 g/mol. The molecule has 0 aromatic heterocycles. The van der Waals surface area contributed by atoms with Gasteiger partial charge in [-0.3, -0.25) is 0 Å². The number of phenols is 1. The quantitative estimate of drug-likeness (QED) is 0.824. The van der Waals surface area contributed by atoms with Crippen LogP contribution in [0.5, 0.6) is 5.75 Å². The lowest BCUT2D eigenvalue weighted by atomic mass is 9.79. The number of benzene rings is 1. The molecule has 0 bridgehead atoms. The van der Waals surface area contributed by atoms with Crippen LogP contribution in [0.25, 0.3) is 0 Å². The third-order valence-electron chi connectivity index (χ3n) is 3.64. The van der Waals surface area contributed by atoms with E-state index in [9.17, 15) is 5.11 Å². The summed E-state index contributed by atoms with van der Waals surface area (Å²) in [7, 11) is 0. The molecule has 0 spiro atoms. The molecule has 1 aromatic rings. The molecule has 0 aliphatic heterocycles. The molecule has 0 fully saturated rings. The molecule has 2 heteroatoms. The Morgan fingerprint density at radius 3 is 2.29 bits per heavy atom. The van der Waals surface area contributed by atoms with E-state index in [2.05, 4.69) is 20.8 Å². The lowest BCUT2D eigenvalue weighted by Crippen LogP contribution is -2.17. The number of aliphatic hydroxyl groups excluding tert-OH is 1. The van der Waals surface area contributed by atoms with Crippen molar-refractivity contribution in [3.05, 3.63) is 28.8 Å². The molecule has 2 nitrogen and oxygen atoms in total. The van der Waals surface area contributed by atoms with Gasteiger partial charge in [-0.15, -0.1) is 0 Å². The molecular formula is C15H24O2. The monoisotopic (exact) mass is 236 g/mol. The predicted octanol–water partition coefficient (Wildman–Crippen LogP) is 3.18. The summed E-state index contributed by atoms with van der Waals surface area (Å²) in [5.74, 6) is 0.432. The van der Waals surface area contributed by atoms with Gasteiger partial charge in [0.1, 0.15) is 5.75 Å². The third-order valence-corrected chi connectivity index (χ3v) is 3.64. The van der Waals surface area contributed by atoms with Crippen molar-refractivity contribution in [1.29, 1.82) is 0 Å². The van der Waals surface area contributed by atoms with E-state index in [1.54, 1.807) is 0 Å².